The van der Waals surface area contributed by atoms with Gasteiger partial charge in [0.25, 0.3) is 0 Å². The van der Waals surface area contributed by atoms with Crippen molar-refractivity contribution in [2.45, 2.75) is 99.3 Å². The average Bonchev–Trinajstić information content (AvgIpc) is 2.55. The van der Waals surface area contributed by atoms with E-state index in [2.05, 4.69) is 81.4 Å². The molecule has 0 bridgehead atoms. The van der Waals surface area contributed by atoms with Gasteiger partial charge in [-0.25, -0.2) is 0 Å². The Balaban J connectivity index is 2.49. The van der Waals surface area contributed by atoms with Gasteiger partial charge in [0.15, 0.2) is 0 Å². The van der Waals surface area contributed by atoms with Crippen molar-refractivity contribution < 1.29 is 0 Å². The molecule has 0 N–H and O–H groups in total. The summed E-state index contributed by atoms with van der Waals surface area (Å²) in [4.78, 5) is 5.71. The largest absolute Gasteiger partial charge is 0.123 e. The molecule has 2 rings (SSSR count). The van der Waals surface area contributed by atoms with Crippen LogP contribution in [0.3, 0.4) is 0 Å². The predicted octanol–water partition coefficient (Wildman–Crippen LogP) is 8.69. The molecule has 2 aromatic carbocycles. The number of thioether (sulfide) groups is 2. The Kier molecular flexibility index (Phi) is 7.87. The smallest absolute Gasteiger partial charge is 0.0184 e. The molecule has 0 aliphatic carbocycles. The monoisotopic (exact) mass is 418 g/mol. The minimum absolute atomic E-state index is 0.610. The van der Waals surface area contributed by atoms with Crippen LogP contribution in [0.5, 0.6) is 0 Å². The summed E-state index contributed by atoms with van der Waals surface area (Å²) in [5, 5.41) is 1.22. The molecular weight excluding hydrogens is 384 g/mol. The van der Waals surface area contributed by atoms with Gasteiger partial charge in [0.2, 0.25) is 0 Å². The van der Waals surface area contributed by atoms with E-state index < -0.39 is 0 Å². The number of rotatable bonds is 6. The van der Waals surface area contributed by atoms with Crippen molar-refractivity contribution in [3.63, 3.8) is 0 Å². The molecule has 0 saturated carbocycles. The molecule has 3 heteroatoms. The molecule has 0 aliphatic rings. The van der Waals surface area contributed by atoms with Crippen LogP contribution < -0.4 is 0 Å². The molecule has 0 heterocycles. The summed E-state index contributed by atoms with van der Waals surface area (Å²) >= 11 is 5.90. The van der Waals surface area contributed by atoms with Crippen molar-refractivity contribution in [1.29, 1.82) is 0 Å². The van der Waals surface area contributed by atoms with Gasteiger partial charge in [-0.15, -0.1) is 23.5 Å². The molecular formula is C24H34S3. The fourth-order valence-corrected chi connectivity index (χ4v) is 6.63. The van der Waals surface area contributed by atoms with Crippen LogP contribution in [0, 0.1) is 41.5 Å². The van der Waals surface area contributed by atoms with E-state index in [-0.39, 0.29) is 0 Å². The normalized spacial score (nSPS) is 11.7. The van der Waals surface area contributed by atoms with Crippen LogP contribution in [-0.2, 0) is 0 Å². The van der Waals surface area contributed by atoms with Crippen LogP contribution >= 0.6 is 35.3 Å². The van der Waals surface area contributed by atoms with Crippen molar-refractivity contribution in [3.05, 3.63) is 45.5 Å². The SMILES string of the molecule is Cc1cc(SC(C)C)c(C)c(C)c1Sc1c(C)cc(SC(C)C)c(C)c1C. The second-order valence-electron chi connectivity index (χ2n) is 7.98. The summed E-state index contributed by atoms with van der Waals surface area (Å²) in [6, 6.07) is 4.77. The topological polar surface area (TPSA) is 0 Å². The maximum absolute atomic E-state index is 2.38. The highest BCUT2D eigenvalue weighted by Crippen LogP contribution is 2.43. The van der Waals surface area contributed by atoms with Crippen molar-refractivity contribution in [2.75, 3.05) is 0 Å². The predicted molar refractivity (Wildman–Crippen MR) is 127 cm³/mol. The molecule has 0 aliphatic heterocycles. The molecule has 0 saturated heterocycles. The summed E-state index contributed by atoms with van der Waals surface area (Å²) < 4.78 is 0. The highest BCUT2D eigenvalue weighted by atomic mass is 32.2. The average molecular weight is 419 g/mol. The number of benzene rings is 2. The Labute approximate surface area is 179 Å². The zero-order valence-electron chi connectivity index (χ0n) is 18.5. The molecule has 27 heavy (non-hydrogen) atoms. The molecule has 0 spiro atoms. The zero-order valence-corrected chi connectivity index (χ0v) is 21.0. The summed E-state index contributed by atoms with van der Waals surface area (Å²) in [6.07, 6.45) is 0. The van der Waals surface area contributed by atoms with E-state index in [1.165, 1.54) is 53.0 Å². The van der Waals surface area contributed by atoms with Gasteiger partial charge in [-0.2, -0.15) is 0 Å². The first-order valence-electron chi connectivity index (χ1n) is 9.75. The summed E-state index contributed by atoms with van der Waals surface area (Å²) in [5.41, 5.74) is 8.51. The second-order valence-corrected chi connectivity index (χ2v) is 12.2. The lowest BCUT2D eigenvalue weighted by Crippen LogP contribution is -1.99. The third-order valence-electron chi connectivity index (χ3n) is 4.89. The van der Waals surface area contributed by atoms with Crippen LogP contribution in [-0.4, -0.2) is 10.5 Å². The summed E-state index contributed by atoms with van der Waals surface area (Å²) in [5.74, 6) is 0. The maximum Gasteiger partial charge on any atom is 0.0184 e. The summed E-state index contributed by atoms with van der Waals surface area (Å²) in [7, 11) is 0. The van der Waals surface area contributed by atoms with Crippen LogP contribution in [0.1, 0.15) is 61.1 Å². The Bertz CT molecular complexity index is 763. The third kappa shape index (κ3) is 5.31. The van der Waals surface area contributed by atoms with Crippen molar-refractivity contribution in [1.82, 2.24) is 0 Å². The number of hydrogen-bond donors (Lipinski definition) is 0. The van der Waals surface area contributed by atoms with Gasteiger partial charge < -0.3 is 0 Å². The van der Waals surface area contributed by atoms with Crippen molar-refractivity contribution in [2.24, 2.45) is 0 Å². The van der Waals surface area contributed by atoms with E-state index in [1.54, 1.807) is 0 Å². The van der Waals surface area contributed by atoms with Gasteiger partial charge in [0.1, 0.15) is 0 Å². The van der Waals surface area contributed by atoms with Gasteiger partial charge >= 0.3 is 0 Å². The van der Waals surface area contributed by atoms with E-state index in [9.17, 15) is 0 Å². The second kappa shape index (κ2) is 9.33. The van der Waals surface area contributed by atoms with Gasteiger partial charge in [-0.3, -0.25) is 0 Å². The first kappa shape index (κ1) is 22.8. The molecule has 0 atom stereocenters. The van der Waals surface area contributed by atoms with E-state index >= 15 is 0 Å². The maximum atomic E-state index is 2.38. The fourth-order valence-electron chi connectivity index (χ4n) is 3.21. The number of hydrogen-bond acceptors (Lipinski definition) is 3. The van der Waals surface area contributed by atoms with Crippen LogP contribution in [0.4, 0.5) is 0 Å². The lowest BCUT2D eigenvalue weighted by atomic mass is 10.1. The molecule has 2 aromatic rings. The van der Waals surface area contributed by atoms with Gasteiger partial charge in [0, 0.05) is 30.1 Å². The van der Waals surface area contributed by atoms with Crippen molar-refractivity contribution in [3.8, 4) is 0 Å². The molecule has 0 unspecified atom stereocenters. The highest BCUT2D eigenvalue weighted by molar-refractivity contribution is 8.00. The Morgan fingerprint density at radius 3 is 1.19 bits per heavy atom. The standard InChI is InChI=1S/C24H34S3/c1-13(2)25-21-11-15(5)23(19(9)17(21)7)27-24-16(6)12-22(26-14(3)4)18(8)20(24)10/h11-14H,1-10H3. The molecule has 0 radical (unpaired) electrons. The van der Waals surface area contributed by atoms with Gasteiger partial charge in [-0.1, -0.05) is 39.5 Å². The molecule has 0 fully saturated rings. The van der Waals surface area contributed by atoms with Gasteiger partial charge in [-0.05, 0) is 87.1 Å². The minimum Gasteiger partial charge on any atom is -0.123 e. The van der Waals surface area contributed by atoms with Gasteiger partial charge in [0.05, 0.1) is 0 Å². The first-order valence-corrected chi connectivity index (χ1v) is 12.3. The lowest BCUT2D eigenvalue weighted by Gasteiger charge is -2.21. The quantitative estimate of drug-likeness (QED) is 0.430. The van der Waals surface area contributed by atoms with E-state index in [1.807, 2.05) is 35.3 Å². The fraction of sp³-hybridized carbons (Fsp3) is 0.500. The Morgan fingerprint density at radius 2 is 0.889 bits per heavy atom. The Morgan fingerprint density at radius 1 is 0.556 bits per heavy atom. The van der Waals surface area contributed by atoms with Crippen LogP contribution in [0.25, 0.3) is 0 Å². The summed E-state index contributed by atoms with van der Waals surface area (Å²) in [6.45, 7) is 22.7. The van der Waals surface area contributed by atoms with E-state index in [0.29, 0.717) is 10.5 Å². The molecule has 0 amide bonds. The zero-order chi connectivity index (χ0) is 20.5. The van der Waals surface area contributed by atoms with Crippen LogP contribution in [0.15, 0.2) is 31.7 Å². The molecule has 0 nitrogen and oxygen atoms in total. The Hall–Kier alpha value is -0.510. The molecule has 0 aromatic heterocycles. The van der Waals surface area contributed by atoms with Crippen molar-refractivity contribution >= 4 is 35.3 Å². The van der Waals surface area contributed by atoms with E-state index in [0.717, 1.165) is 0 Å². The molecule has 148 valence electrons. The van der Waals surface area contributed by atoms with E-state index in [4.69, 9.17) is 0 Å². The highest BCUT2D eigenvalue weighted by Gasteiger charge is 2.17. The van der Waals surface area contributed by atoms with Crippen LogP contribution in [0.2, 0.25) is 0 Å². The first-order chi connectivity index (χ1) is 12.5. The minimum atomic E-state index is 0.610. The lowest BCUT2D eigenvalue weighted by molar-refractivity contribution is 1.06. The number of aryl methyl sites for hydroxylation is 2. The third-order valence-corrected chi connectivity index (χ3v) is 8.85.